The topological polar surface area (TPSA) is 60.2 Å². The van der Waals surface area contributed by atoms with E-state index >= 15 is 0 Å². The van der Waals surface area contributed by atoms with Crippen LogP contribution in [0, 0.1) is 0 Å². The second-order valence-corrected chi connectivity index (χ2v) is 6.88. The highest BCUT2D eigenvalue weighted by Gasteiger charge is 2.17. The molecule has 0 saturated heterocycles. The van der Waals surface area contributed by atoms with E-state index in [2.05, 4.69) is 31.2 Å². The van der Waals surface area contributed by atoms with Crippen LogP contribution < -0.4 is 16.0 Å². The number of rotatable bonds is 6. The molecule has 0 saturated carbocycles. The van der Waals surface area contributed by atoms with Gasteiger partial charge >= 0.3 is 0 Å². The Morgan fingerprint density at radius 3 is 2.72 bits per heavy atom. The Labute approximate surface area is 114 Å². The number of nitrogens with zero attached hydrogens (tertiary/aromatic N) is 1. The molecule has 102 valence electrons. The van der Waals surface area contributed by atoms with Gasteiger partial charge in [0.2, 0.25) is 0 Å². The average molecular weight is 269 g/mol. The van der Waals surface area contributed by atoms with Crippen molar-refractivity contribution >= 4 is 11.8 Å². The van der Waals surface area contributed by atoms with Crippen LogP contribution in [0.3, 0.4) is 0 Å². The van der Waals surface area contributed by atoms with Gasteiger partial charge in [0, 0.05) is 16.7 Å². The molecular formula is C13H23N3OS. The van der Waals surface area contributed by atoms with Crippen molar-refractivity contribution in [1.82, 2.24) is 10.4 Å². The standard InChI is InChI=1S/C13H23N3OS/c1-5-17-11-6-10(7-15-8-11)12(16-14)9-18-13(2,3)4/h6-8,12,16H,5,9,14H2,1-4H3. The predicted molar refractivity (Wildman–Crippen MR) is 77.7 cm³/mol. The summed E-state index contributed by atoms with van der Waals surface area (Å²) in [4.78, 5) is 4.19. The van der Waals surface area contributed by atoms with Crippen molar-refractivity contribution in [3.63, 3.8) is 0 Å². The van der Waals surface area contributed by atoms with Gasteiger partial charge in [0.25, 0.3) is 0 Å². The number of hydrogen-bond acceptors (Lipinski definition) is 5. The summed E-state index contributed by atoms with van der Waals surface area (Å²) in [7, 11) is 0. The summed E-state index contributed by atoms with van der Waals surface area (Å²) >= 11 is 1.87. The van der Waals surface area contributed by atoms with Crippen LogP contribution in [-0.2, 0) is 0 Å². The minimum atomic E-state index is 0.0853. The van der Waals surface area contributed by atoms with Crippen molar-refractivity contribution in [2.45, 2.75) is 38.5 Å². The average Bonchev–Trinajstić information content (AvgIpc) is 2.29. The molecule has 18 heavy (non-hydrogen) atoms. The van der Waals surface area contributed by atoms with Crippen LogP contribution in [0.25, 0.3) is 0 Å². The lowest BCUT2D eigenvalue weighted by molar-refractivity contribution is 0.338. The third kappa shape index (κ3) is 5.25. The summed E-state index contributed by atoms with van der Waals surface area (Å²) in [5, 5.41) is 0. The third-order valence-electron chi connectivity index (χ3n) is 2.33. The lowest BCUT2D eigenvalue weighted by Crippen LogP contribution is -2.31. The maximum atomic E-state index is 5.63. The fourth-order valence-electron chi connectivity index (χ4n) is 1.45. The van der Waals surface area contributed by atoms with Crippen LogP contribution in [0.15, 0.2) is 18.5 Å². The number of nitrogens with one attached hydrogen (secondary N) is 1. The lowest BCUT2D eigenvalue weighted by Gasteiger charge is -2.22. The highest BCUT2D eigenvalue weighted by atomic mass is 32.2. The van der Waals surface area contributed by atoms with Crippen LogP contribution in [0.1, 0.15) is 39.3 Å². The zero-order chi connectivity index (χ0) is 13.6. The second kappa shape index (κ2) is 6.97. The van der Waals surface area contributed by atoms with Gasteiger partial charge in [0.1, 0.15) is 5.75 Å². The fraction of sp³-hybridized carbons (Fsp3) is 0.615. The van der Waals surface area contributed by atoms with Crippen molar-refractivity contribution < 1.29 is 4.74 Å². The molecule has 5 heteroatoms. The predicted octanol–water partition coefficient (Wildman–Crippen LogP) is 2.52. The Hall–Kier alpha value is -0.780. The van der Waals surface area contributed by atoms with Crippen LogP contribution >= 0.6 is 11.8 Å². The SMILES string of the molecule is CCOc1cncc(C(CSC(C)(C)C)NN)c1. The van der Waals surface area contributed by atoms with E-state index in [1.807, 2.05) is 30.9 Å². The van der Waals surface area contributed by atoms with Gasteiger partial charge in [-0.1, -0.05) is 20.8 Å². The summed E-state index contributed by atoms with van der Waals surface area (Å²) in [6.07, 6.45) is 3.55. The molecule has 0 fully saturated rings. The number of ether oxygens (including phenoxy) is 1. The molecule has 0 aliphatic rings. The van der Waals surface area contributed by atoms with E-state index in [4.69, 9.17) is 10.6 Å². The van der Waals surface area contributed by atoms with Crippen LogP contribution in [0.5, 0.6) is 5.75 Å². The maximum Gasteiger partial charge on any atom is 0.137 e. The first kappa shape index (κ1) is 15.3. The van der Waals surface area contributed by atoms with Gasteiger partial charge in [-0.15, -0.1) is 0 Å². The summed E-state index contributed by atoms with van der Waals surface area (Å²) < 4.78 is 5.67. The molecule has 1 atom stereocenters. The zero-order valence-electron chi connectivity index (χ0n) is 11.6. The number of hydrogen-bond donors (Lipinski definition) is 2. The van der Waals surface area contributed by atoms with Gasteiger partial charge in [0.15, 0.2) is 0 Å². The van der Waals surface area contributed by atoms with Crippen molar-refractivity contribution in [3.05, 3.63) is 24.0 Å². The first-order valence-corrected chi connectivity index (χ1v) is 7.12. The normalized spacial score (nSPS) is 13.4. The van der Waals surface area contributed by atoms with Crippen molar-refractivity contribution in [1.29, 1.82) is 0 Å². The molecular weight excluding hydrogens is 246 g/mol. The van der Waals surface area contributed by atoms with Gasteiger partial charge in [0.05, 0.1) is 18.8 Å². The highest BCUT2D eigenvalue weighted by molar-refractivity contribution is 8.00. The quantitative estimate of drug-likeness (QED) is 0.614. The zero-order valence-corrected chi connectivity index (χ0v) is 12.4. The van der Waals surface area contributed by atoms with Gasteiger partial charge in [-0.3, -0.25) is 16.3 Å². The summed E-state index contributed by atoms with van der Waals surface area (Å²) in [5.74, 6) is 7.31. The maximum absolute atomic E-state index is 5.63. The smallest absolute Gasteiger partial charge is 0.137 e. The third-order valence-corrected chi connectivity index (χ3v) is 3.70. The number of pyridine rings is 1. The fourth-order valence-corrected chi connectivity index (χ4v) is 2.40. The molecule has 1 aromatic rings. The largest absolute Gasteiger partial charge is 0.492 e. The van der Waals surface area contributed by atoms with Gasteiger partial charge in [-0.2, -0.15) is 11.8 Å². The monoisotopic (exact) mass is 269 g/mol. The van der Waals surface area contributed by atoms with E-state index in [-0.39, 0.29) is 10.8 Å². The molecule has 0 bridgehead atoms. The molecule has 0 amide bonds. The van der Waals surface area contributed by atoms with Crippen LogP contribution in [0.4, 0.5) is 0 Å². The molecule has 0 spiro atoms. The first-order valence-electron chi connectivity index (χ1n) is 6.14. The summed E-state index contributed by atoms with van der Waals surface area (Å²) in [6, 6.07) is 2.08. The number of thioether (sulfide) groups is 1. The van der Waals surface area contributed by atoms with E-state index in [1.165, 1.54) is 0 Å². The van der Waals surface area contributed by atoms with E-state index in [0.717, 1.165) is 17.1 Å². The molecule has 1 heterocycles. The Morgan fingerprint density at radius 1 is 1.44 bits per heavy atom. The van der Waals surface area contributed by atoms with Crippen molar-refractivity contribution in [2.75, 3.05) is 12.4 Å². The molecule has 1 rings (SSSR count). The van der Waals surface area contributed by atoms with E-state index < -0.39 is 0 Å². The van der Waals surface area contributed by atoms with Gasteiger partial charge < -0.3 is 4.74 Å². The molecule has 0 aromatic carbocycles. The van der Waals surface area contributed by atoms with Crippen LogP contribution in [-0.4, -0.2) is 22.1 Å². The molecule has 0 aliphatic heterocycles. The van der Waals surface area contributed by atoms with Gasteiger partial charge in [-0.05, 0) is 18.6 Å². The van der Waals surface area contributed by atoms with Crippen molar-refractivity contribution in [2.24, 2.45) is 5.84 Å². The Morgan fingerprint density at radius 2 is 2.17 bits per heavy atom. The minimum absolute atomic E-state index is 0.0853. The Bertz CT molecular complexity index is 365. The Balaban J connectivity index is 2.72. The first-order chi connectivity index (χ1) is 8.46. The summed E-state index contributed by atoms with van der Waals surface area (Å²) in [5.41, 5.74) is 3.90. The summed E-state index contributed by atoms with van der Waals surface area (Å²) in [6.45, 7) is 9.18. The molecule has 1 unspecified atom stereocenters. The van der Waals surface area contributed by atoms with Gasteiger partial charge in [-0.25, -0.2) is 0 Å². The molecule has 0 radical (unpaired) electrons. The second-order valence-electron chi connectivity index (χ2n) is 5.03. The minimum Gasteiger partial charge on any atom is -0.492 e. The van der Waals surface area contributed by atoms with Crippen LogP contribution in [0.2, 0.25) is 0 Å². The molecule has 0 aliphatic carbocycles. The van der Waals surface area contributed by atoms with E-state index in [1.54, 1.807) is 6.20 Å². The number of aromatic nitrogens is 1. The Kier molecular flexibility index (Phi) is 5.91. The van der Waals surface area contributed by atoms with Crippen molar-refractivity contribution in [3.8, 4) is 5.75 Å². The molecule has 1 aromatic heterocycles. The van der Waals surface area contributed by atoms with E-state index in [0.29, 0.717) is 6.61 Å². The molecule has 4 nitrogen and oxygen atoms in total. The highest BCUT2D eigenvalue weighted by Crippen LogP contribution is 2.28. The van der Waals surface area contributed by atoms with E-state index in [9.17, 15) is 0 Å². The molecule has 3 N–H and O–H groups in total. The lowest BCUT2D eigenvalue weighted by atomic mass is 10.1. The number of nitrogens with two attached hydrogens (primary N) is 1. The number of hydrazine groups is 1.